The summed E-state index contributed by atoms with van der Waals surface area (Å²) < 4.78 is 1.59. The molecule has 0 aliphatic heterocycles. The monoisotopic (exact) mass is 262 g/mol. The first-order valence-corrected chi connectivity index (χ1v) is 5.12. The molecule has 18 heavy (non-hydrogen) atoms. The first-order valence-electron chi connectivity index (χ1n) is 4.74. The van der Waals surface area contributed by atoms with Crippen molar-refractivity contribution < 1.29 is 0 Å². The second-order valence-corrected chi connectivity index (χ2v) is 3.78. The summed E-state index contributed by atoms with van der Waals surface area (Å²) in [5.74, 6) is 0.308. The van der Waals surface area contributed by atoms with E-state index in [9.17, 15) is 0 Å². The molecule has 0 saturated carbocycles. The van der Waals surface area contributed by atoms with Gasteiger partial charge >= 0.3 is 0 Å². The smallest absolute Gasteiger partial charge is 0.163 e. The summed E-state index contributed by atoms with van der Waals surface area (Å²) in [6.45, 7) is 3.31. The molecule has 0 unspecified atom stereocenters. The summed E-state index contributed by atoms with van der Waals surface area (Å²) in [6.07, 6.45) is 0. The Morgan fingerprint density at radius 3 is 1.94 bits per heavy atom. The number of allylic oxidation sites excluding steroid dienone is 2. The molecule has 0 fully saturated rings. The van der Waals surface area contributed by atoms with Crippen LogP contribution in [-0.4, -0.2) is 9.78 Å². The molecule has 0 radical (unpaired) electrons. The van der Waals surface area contributed by atoms with Crippen molar-refractivity contribution in [2.75, 3.05) is 5.73 Å². The molecule has 0 saturated heterocycles. The quantitative estimate of drug-likeness (QED) is 0.715. The van der Waals surface area contributed by atoms with Crippen molar-refractivity contribution in [3.05, 3.63) is 21.9 Å². The third-order valence-electron chi connectivity index (χ3n) is 2.04. The number of hydrogen-bond acceptors (Lipinski definition) is 5. The lowest BCUT2D eigenvalue weighted by Gasteiger charge is -1.88. The van der Waals surface area contributed by atoms with Gasteiger partial charge in [0.25, 0.3) is 0 Å². The highest BCUT2D eigenvalue weighted by molar-refractivity contribution is 6.30. The Labute approximate surface area is 110 Å². The normalized spacial score (nSPS) is 8.06. The Bertz CT molecular complexity index is 571. The van der Waals surface area contributed by atoms with E-state index < -0.39 is 0 Å². The highest BCUT2D eigenvalue weighted by Crippen LogP contribution is 2.11. The average Bonchev–Trinajstić information content (AvgIpc) is 2.55. The molecule has 0 aliphatic rings. The molecule has 0 bridgehead atoms. The van der Waals surface area contributed by atoms with Gasteiger partial charge in [-0.15, -0.1) is 0 Å². The zero-order valence-electron chi connectivity index (χ0n) is 10.2. The van der Waals surface area contributed by atoms with Gasteiger partial charge in [-0.05, 0) is 13.8 Å². The van der Waals surface area contributed by atoms with E-state index in [-0.39, 0.29) is 10.6 Å². The maximum atomic E-state index is 8.53. The minimum Gasteiger partial charge on any atom is -0.381 e. The topological polar surface area (TPSA) is 115 Å². The number of rotatable bonds is 0. The fourth-order valence-electron chi connectivity index (χ4n) is 0.951. The van der Waals surface area contributed by atoms with Gasteiger partial charge in [-0.1, -0.05) is 11.6 Å². The standard InChI is InChI=1S/C6H8N4.C5H3ClN2/c1-4-5(3-7)6(8)9-10(4)2;1-4(6)5(2-7)3-8/h1-2H3,(H2,8,9);1H3. The number of nitrogens with two attached hydrogens (primary N) is 1. The second-order valence-electron chi connectivity index (χ2n) is 3.21. The number of aromatic nitrogens is 2. The van der Waals surface area contributed by atoms with E-state index in [2.05, 4.69) is 5.10 Å². The number of aryl methyl sites for hydroxylation is 1. The van der Waals surface area contributed by atoms with E-state index in [0.717, 1.165) is 5.69 Å². The van der Waals surface area contributed by atoms with Crippen molar-refractivity contribution in [2.24, 2.45) is 7.05 Å². The lowest BCUT2D eigenvalue weighted by atomic mass is 10.3. The van der Waals surface area contributed by atoms with Crippen LogP contribution in [0.3, 0.4) is 0 Å². The molecule has 7 heteroatoms. The van der Waals surface area contributed by atoms with E-state index >= 15 is 0 Å². The summed E-state index contributed by atoms with van der Waals surface area (Å²) in [6, 6.07) is 5.25. The molecule has 1 aromatic heterocycles. The van der Waals surface area contributed by atoms with Crippen molar-refractivity contribution in [1.82, 2.24) is 9.78 Å². The molecule has 0 aliphatic carbocycles. The van der Waals surface area contributed by atoms with Crippen molar-refractivity contribution in [2.45, 2.75) is 13.8 Å². The molecule has 92 valence electrons. The predicted molar refractivity (Wildman–Crippen MR) is 66.9 cm³/mol. The highest BCUT2D eigenvalue weighted by Gasteiger charge is 2.07. The van der Waals surface area contributed by atoms with Gasteiger partial charge < -0.3 is 5.73 Å². The van der Waals surface area contributed by atoms with Crippen LogP contribution in [0.25, 0.3) is 0 Å². The number of nitrogens with zero attached hydrogens (tertiary/aromatic N) is 5. The van der Waals surface area contributed by atoms with E-state index in [4.69, 9.17) is 33.1 Å². The number of nitrogen functional groups attached to an aromatic ring is 1. The van der Waals surface area contributed by atoms with E-state index in [1.807, 2.05) is 13.0 Å². The first kappa shape index (κ1) is 15.5. The Morgan fingerprint density at radius 1 is 1.33 bits per heavy atom. The minimum atomic E-state index is -0.0216. The van der Waals surface area contributed by atoms with Crippen LogP contribution in [0, 0.1) is 40.9 Å². The largest absolute Gasteiger partial charge is 0.381 e. The molecule has 1 aromatic rings. The van der Waals surface area contributed by atoms with E-state index in [0.29, 0.717) is 11.4 Å². The summed E-state index contributed by atoms with van der Waals surface area (Å²) in [5.41, 5.74) is 6.66. The third kappa shape index (κ3) is 3.83. The van der Waals surface area contributed by atoms with Crippen LogP contribution < -0.4 is 5.73 Å². The van der Waals surface area contributed by atoms with Crippen LogP contribution in [0.1, 0.15) is 18.2 Å². The number of anilines is 1. The molecule has 1 rings (SSSR count). The van der Waals surface area contributed by atoms with Gasteiger partial charge in [-0.25, -0.2) is 0 Å². The maximum absolute atomic E-state index is 8.53. The summed E-state index contributed by atoms with van der Waals surface area (Å²) in [5, 5.41) is 28.8. The fourth-order valence-corrected chi connectivity index (χ4v) is 1.04. The summed E-state index contributed by atoms with van der Waals surface area (Å²) in [4.78, 5) is 0. The molecule has 2 N–H and O–H groups in total. The van der Waals surface area contributed by atoms with Crippen molar-refractivity contribution >= 4 is 17.4 Å². The van der Waals surface area contributed by atoms with Gasteiger partial charge in [0.2, 0.25) is 0 Å². The van der Waals surface area contributed by atoms with E-state index in [1.165, 1.54) is 6.92 Å². The summed E-state index contributed by atoms with van der Waals surface area (Å²) >= 11 is 5.28. The van der Waals surface area contributed by atoms with E-state index in [1.54, 1.807) is 23.9 Å². The van der Waals surface area contributed by atoms with Crippen LogP contribution >= 0.6 is 11.6 Å². The lowest BCUT2D eigenvalue weighted by molar-refractivity contribution is 0.743. The fraction of sp³-hybridized carbons (Fsp3) is 0.273. The number of nitriles is 3. The molecule has 0 atom stereocenters. The molecule has 1 heterocycles. The predicted octanol–water partition coefficient (Wildman–Crippen LogP) is 1.73. The van der Waals surface area contributed by atoms with Crippen LogP contribution in [0.2, 0.25) is 0 Å². The zero-order valence-corrected chi connectivity index (χ0v) is 10.9. The molecular weight excluding hydrogens is 252 g/mol. The van der Waals surface area contributed by atoms with Crippen LogP contribution in [0.4, 0.5) is 5.82 Å². The van der Waals surface area contributed by atoms with Crippen LogP contribution in [-0.2, 0) is 7.05 Å². The van der Waals surface area contributed by atoms with Crippen molar-refractivity contribution in [3.63, 3.8) is 0 Å². The summed E-state index contributed by atoms with van der Waals surface area (Å²) in [7, 11) is 1.76. The first-order chi connectivity index (χ1) is 8.38. The molecular formula is C11H11ClN6. The Kier molecular flexibility index (Phi) is 6.00. The highest BCUT2D eigenvalue weighted by atomic mass is 35.5. The molecule has 0 spiro atoms. The minimum absolute atomic E-state index is 0.0216. The van der Waals surface area contributed by atoms with Crippen molar-refractivity contribution in [3.8, 4) is 18.2 Å². The Balaban J connectivity index is 0.000000331. The SMILES string of the molecule is CC(Cl)=C(C#N)C#N.Cc1c(C#N)c(N)nn1C. The van der Waals surface area contributed by atoms with Crippen molar-refractivity contribution in [1.29, 1.82) is 15.8 Å². The van der Waals surface area contributed by atoms with Gasteiger partial charge in [0, 0.05) is 12.1 Å². The van der Waals surface area contributed by atoms with Crippen LogP contribution in [0.15, 0.2) is 10.6 Å². The average molecular weight is 263 g/mol. The zero-order chi connectivity index (χ0) is 14.3. The number of halogens is 1. The van der Waals surface area contributed by atoms with Crippen LogP contribution in [0.5, 0.6) is 0 Å². The Morgan fingerprint density at radius 2 is 1.83 bits per heavy atom. The third-order valence-corrected chi connectivity index (χ3v) is 2.23. The molecule has 6 nitrogen and oxygen atoms in total. The van der Waals surface area contributed by atoms with Gasteiger partial charge in [0.15, 0.2) is 5.82 Å². The molecule has 0 amide bonds. The van der Waals surface area contributed by atoms with Gasteiger partial charge in [-0.3, -0.25) is 4.68 Å². The lowest BCUT2D eigenvalue weighted by Crippen LogP contribution is -1.93. The Hall–Kier alpha value is -2.49. The second kappa shape index (κ2) is 6.96. The van der Waals surface area contributed by atoms with Gasteiger partial charge in [0.05, 0.1) is 5.69 Å². The van der Waals surface area contributed by atoms with Gasteiger partial charge in [-0.2, -0.15) is 20.9 Å². The molecule has 0 aromatic carbocycles. The van der Waals surface area contributed by atoms with Gasteiger partial charge in [0.1, 0.15) is 29.3 Å². The maximum Gasteiger partial charge on any atom is 0.163 e. The number of hydrogen-bond donors (Lipinski definition) is 1.